The Morgan fingerprint density at radius 1 is 1.15 bits per heavy atom. The lowest BCUT2D eigenvalue weighted by Crippen LogP contribution is -2.40. The molecule has 9 heteroatoms. The first-order chi connectivity index (χ1) is 12.7. The highest BCUT2D eigenvalue weighted by molar-refractivity contribution is 7.67. The van der Waals surface area contributed by atoms with Crippen LogP contribution in [0, 0.1) is 5.41 Å². The van der Waals surface area contributed by atoms with Gasteiger partial charge in [0, 0.05) is 17.0 Å². The molecule has 0 aliphatic carbocycles. The number of carbonyl (C=O) groups is 2. The minimum absolute atomic E-state index is 0.150. The molecule has 1 aromatic carbocycles. The summed E-state index contributed by atoms with van der Waals surface area (Å²) in [4.78, 5) is 22.5. The van der Waals surface area contributed by atoms with Gasteiger partial charge in [0.25, 0.3) is 0 Å². The van der Waals surface area contributed by atoms with Crippen molar-refractivity contribution in [2.75, 3.05) is 32.6 Å². The van der Waals surface area contributed by atoms with E-state index < -0.39 is 44.5 Å². The maximum atomic E-state index is 13.3. The van der Waals surface area contributed by atoms with E-state index in [4.69, 9.17) is 14.4 Å². The van der Waals surface area contributed by atoms with Crippen LogP contribution in [0.1, 0.15) is 13.3 Å². The van der Waals surface area contributed by atoms with E-state index in [-0.39, 0.29) is 24.8 Å². The van der Waals surface area contributed by atoms with Crippen molar-refractivity contribution in [2.45, 2.75) is 13.3 Å². The molecular weight excluding hydrogens is 375 g/mol. The van der Waals surface area contributed by atoms with Crippen LogP contribution < -0.4 is 5.30 Å². The van der Waals surface area contributed by atoms with Gasteiger partial charge in [0.2, 0.25) is 7.37 Å². The van der Waals surface area contributed by atoms with Gasteiger partial charge in [-0.3, -0.25) is 9.36 Å². The molecule has 1 atom stereocenters. The SMILES string of the molecule is C=C(C)C(=O)OCC(CO)(CO)COP(=O)(CCC(=O)O)c1ccccc1. The van der Waals surface area contributed by atoms with Crippen LogP contribution in [0.5, 0.6) is 0 Å². The summed E-state index contributed by atoms with van der Waals surface area (Å²) in [6.45, 7) is 2.93. The van der Waals surface area contributed by atoms with Crippen LogP contribution in [0.2, 0.25) is 0 Å². The zero-order valence-corrected chi connectivity index (χ0v) is 16.1. The van der Waals surface area contributed by atoms with Crippen LogP contribution in [0.25, 0.3) is 0 Å². The van der Waals surface area contributed by atoms with Crippen LogP contribution >= 0.6 is 7.37 Å². The molecule has 8 nitrogen and oxygen atoms in total. The molecule has 0 aromatic heterocycles. The van der Waals surface area contributed by atoms with Crippen LogP contribution in [-0.2, 0) is 23.4 Å². The third-order valence-corrected chi connectivity index (χ3v) is 6.32. The van der Waals surface area contributed by atoms with Gasteiger partial charge in [-0.25, -0.2) is 4.79 Å². The zero-order chi connectivity index (χ0) is 20.5. The highest BCUT2D eigenvalue weighted by Crippen LogP contribution is 2.47. The van der Waals surface area contributed by atoms with Crippen molar-refractivity contribution >= 4 is 24.6 Å². The maximum absolute atomic E-state index is 13.3. The van der Waals surface area contributed by atoms with Crippen molar-refractivity contribution in [3.05, 3.63) is 42.5 Å². The molecule has 0 aliphatic heterocycles. The van der Waals surface area contributed by atoms with Crippen molar-refractivity contribution in [3.63, 3.8) is 0 Å². The predicted molar refractivity (Wildman–Crippen MR) is 99.1 cm³/mol. The maximum Gasteiger partial charge on any atom is 0.333 e. The number of ether oxygens (including phenoxy) is 1. The topological polar surface area (TPSA) is 130 Å². The Morgan fingerprint density at radius 2 is 1.74 bits per heavy atom. The van der Waals surface area contributed by atoms with Crippen LogP contribution in [-0.4, -0.2) is 59.8 Å². The van der Waals surface area contributed by atoms with E-state index in [9.17, 15) is 24.4 Å². The predicted octanol–water partition coefficient (Wildman–Crippen LogP) is 1.17. The molecule has 3 N–H and O–H groups in total. The second kappa shape index (κ2) is 10.4. The first kappa shape index (κ1) is 23.0. The average molecular weight is 400 g/mol. The quantitative estimate of drug-likeness (QED) is 0.271. The van der Waals surface area contributed by atoms with Gasteiger partial charge in [-0.2, -0.15) is 0 Å². The van der Waals surface area contributed by atoms with E-state index >= 15 is 0 Å². The smallest absolute Gasteiger partial charge is 0.333 e. The number of hydrogen-bond acceptors (Lipinski definition) is 7. The van der Waals surface area contributed by atoms with Crippen molar-refractivity contribution in [2.24, 2.45) is 5.41 Å². The number of aliphatic hydroxyl groups excluding tert-OH is 2. The second-order valence-electron chi connectivity index (χ2n) is 6.32. The lowest BCUT2D eigenvalue weighted by atomic mass is 9.93. The number of esters is 1. The standard InChI is InChI=1S/C18H25O8P/c1-14(2)17(23)25-12-18(10-19,11-20)13-26-27(24,9-8-16(21)22)15-6-4-3-5-7-15/h3-7,19-20H,1,8-13H2,2H3,(H,21,22). The Bertz CT molecular complexity index is 697. The fraction of sp³-hybridized carbons (Fsp3) is 0.444. The van der Waals surface area contributed by atoms with Crippen molar-refractivity contribution in [3.8, 4) is 0 Å². The minimum Gasteiger partial charge on any atom is -0.481 e. The Kier molecular flexibility index (Phi) is 8.85. The van der Waals surface area contributed by atoms with Crippen molar-refractivity contribution < 1.29 is 38.7 Å². The fourth-order valence-corrected chi connectivity index (χ4v) is 4.15. The molecule has 0 radical (unpaired) electrons. The Hall–Kier alpha value is -1.99. The summed E-state index contributed by atoms with van der Waals surface area (Å²) < 4.78 is 23.8. The number of carboxylic acid groups (broad SMARTS) is 1. The van der Waals surface area contributed by atoms with Gasteiger partial charge in [0.15, 0.2) is 0 Å². The second-order valence-corrected chi connectivity index (χ2v) is 8.89. The number of hydrogen-bond donors (Lipinski definition) is 3. The summed E-state index contributed by atoms with van der Waals surface area (Å²) >= 11 is 0. The monoisotopic (exact) mass is 400 g/mol. The van der Waals surface area contributed by atoms with E-state index in [2.05, 4.69) is 6.58 Å². The minimum atomic E-state index is -3.58. The third kappa shape index (κ3) is 6.92. The largest absolute Gasteiger partial charge is 0.481 e. The summed E-state index contributed by atoms with van der Waals surface area (Å²) in [5.74, 6) is -1.82. The van der Waals surface area contributed by atoms with Gasteiger partial charge in [0.05, 0.1) is 31.7 Å². The molecule has 1 unspecified atom stereocenters. The van der Waals surface area contributed by atoms with Gasteiger partial charge < -0.3 is 24.6 Å². The first-order valence-electron chi connectivity index (χ1n) is 8.23. The number of aliphatic hydroxyl groups is 2. The van der Waals surface area contributed by atoms with Gasteiger partial charge >= 0.3 is 11.9 Å². The molecule has 1 aromatic rings. The molecule has 0 saturated heterocycles. The highest BCUT2D eigenvalue weighted by Gasteiger charge is 2.36. The Labute approximate surface area is 157 Å². The van der Waals surface area contributed by atoms with Gasteiger partial charge in [0.1, 0.15) is 6.61 Å². The fourth-order valence-electron chi connectivity index (χ4n) is 2.02. The number of benzene rings is 1. The van der Waals surface area contributed by atoms with E-state index in [1.807, 2.05) is 0 Å². The number of rotatable bonds is 12. The molecule has 0 fully saturated rings. The zero-order valence-electron chi connectivity index (χ0n) is 15.2. The molecule has 0 spiro atoms. The Balaban J connectivity index is 2.98. The molecule has 150 valence electrons. The summed E-state index contributed by atoms with van der Waals surface area (Å²) in [5.41, 5.74) is -1.24. The molecule has 0 saturated carbocycles. The van der Waals surface area contributed by atoms with Crippen LogP contribution in [0.3, 0.4) is 0 Å². The lowest BCUT2D eigenvalue weighted by molar-refractivity contribution is -0.146. The summed E-state index contributed by atoms with van der Waals surface area (Å²) in [7, 11) is -3.58. The van der Waals surface area contributed by atoms with Crippen molar-refractivity contribution in [1.29, 1.82) is 0 Å². The van der Waals surface area contributed by atoms with Crippen molar-refractivity contribution in [1.82, 2.24) is 0 Å². The highest BCUT2D eigenvalue weighted by atomic mass is 31.2. The molecular formula is C18H25O8P. The van der Waals surface area contributed by atoms with Crippen LogP contribution in [0.4, 0.5) is 0 Å². The molecule has 0 amide bonds. The normalized spacial score (nSPS) is 13.6. The first-order valence-corrected chi connectivity index (χ1v) is 10.0. The number of aliphatic carboxylic acids is 1. The number of carbonyl (C=O) groups excluding carboxylic acids is 1. The Morgan fingerprint density at radius 3 is 2.22 bits per heavy atom. The van der Waals surface area contributed by atoms with Gasteiger partial charge in [-0.1, -0.05) is 24.8 Å². The molecule has 1 rings (SSSR count). The molecule has 27 heavy (non-hydrogen) atoms. The van der Waals surface area contributed by atoms with E-state index in [1.54, 1.807) is 30.3 Å². The lowest BCUT2D eigenvalue weighted by Gasteiger charge is -2.31. The summed E-state index contributed by atoms with van der Waals surface area (Å²) in [6.07, 6.45) is -0.618. The number of carboxylic acids is 1. The van der Waals surface area contributed by atoms with E-state index in [1.165, 1.54) is 6.92 Å². The van der Waals surface area contributed by atoms with Crippen LogP contribution in [0.15, 0.2) is 42.5 Å². The van der Waals surface area contributed by atoms with E-state index in [0.717, 1.165) is 0 Å². The molecule has 0 bridgehead atoms. The molecule has 0 heterocycles. The third-order valence-electron chi connectivity index (χ3n) is 3.88. The van der Waals surface area contributed by atoms with Gasteiger partial charge in [-0.05, 0) is 19.1 Å². The summed E-state index contributed by atoms with van der Waals surface area (Å²) in [6, 6.07) is 8.12. The summed E-state index contributed by atoms with van der Waals surface area (Å²) in [5, 5.41) is 28.6. The average Bonchev–Trinajstić information content (AvgIpc) is 2.67. The van der Waals surface area contributed by atoms with Gasteiger partial charge in [-0.15, -0.1) is 0 Å². The molecule has 0 aliphatic rings. The van der Waals surface area contributed by atoms with E-state index in [0.29, 0.717) is 5.30 Å².